The van der Waals surface area contributed by atoms with E-state index in [9.17, 15) is 14.4 Å². The second-order valence-corrected chi connectivity index (χ2v) is 8.18. The molecule has 0 aromatic carbocycles. The second-order valence-electron chi connectivity index (χ2n) is 8.18. The average Bonchev–Trinajstić information content (AvgIpc) is 3.27. The highest BCUT2D eigenvalue weighted by Gasteiger charge is 2.41. The molecule has 2 aliphatic carbocycles. The number of nitrogens with two attached hydrogens (primary N) is 1. The molecule has 0 spiro atoms. The van der Waals surface area contributed by atoms with Crippen molar-refractivity contribution < 1.29 is 9.53 Å². The minimum atomic E-state index is -0.618. The normalized spacial score (nSPS) is 23.3. The summed E-state index contributed by atoms with van der Waals surface area (Å²) in [4.78, 5) is 41.7. The van der Waals surface area contributed by atoms with Crippen molar-refractivity contribution in [2.75, 3.05) is 30.9 Å². The fourth-order valence-corrected chi connectivity index (χ4v) is 4.88. The van der Waals surface area contributed by atoms with Gasteiger partial charge >= 0.3 is 5.69 Å². The van der Waals surface area contributed by atoms with Gasteiger partial charge in [-0.3, -0.25) is 19.1 Å². The number of unbranched alkanes of at least 4 members (excludes halogenated alkanes) is 1. The molecule has 1 aromatic heterocycles. The number of carbonyl (C=O) groups excluding carboxylic acids is 1. The van der Waals surface area contributed by atoms with Crippen LogP contribution in [0.25, 0.3) is 0 Å². The number of H-pyrrole nitrogens is 1. The van der Waals surface area contributed by atoms with Crippen molar-refractivity contribution in [3.8, 4) is 0 Å². The van der Waals surface area contributed by atoms with Gasteiger partial charge in [0.2, 0.25) is 5.91 Å². The van der Waals surface area contributed by atoms with Gasteiger partial charge in [0.25, 0.3) is 5.56 Å². The fraction of sp³-hybridized carbons (Fsp3) is 0.750. The Hall–Kier alpha value is -2.09. The zero-order chi connectivity index (χ0) is 20.3. The molecular weight excluding hydrogens is 360 g/mol. The quantitative estimate of drug-likeness (QED) is 0.665. The van der Waals surface area contributed by atoms with Crippen molar-refractivity contribution in [3.63, 3.8) is 0 Å². The van der Waals surface area contributed by atoms with Gasteiger partial charge in [0, 0.05) is 26.6 Å². The summed E-state index contributed by atoms with van der Waals surface area (Å²) in [5.74, 6) is 1.68. The molecule has 8 nitrogen and oxygen atoms in total. The van der Waals surface area contributed by atoms with Crippen molar-refractivity contribution in [1.82, 2.24) is 9.55 Å². The number of aromatic amines is 1. The monoisotopic (exact) mass is 392 g/mol. The molecule has 2 bridgehead atoms. The lowest BCUT2D eigenvalue weighted by Gasteiger charge is -2.27. The predicted octanol–water partition coefficient (Wildman–Crippen LogP) is 1.72. The molecule has 3 N–H and O–H groups in total. The van der Waals surface area contributed by atoms with Gasteiger partial charge in [-0.1, -0.05) is 19.8 Å². The topological polar surface area (TPSA) is 110 Å². The summed E-state index contributed by atoms with van der Waals surface area (Å²) in [6.45, 7) is 2.94. The maximum Gasteiger partial charge on any atom is 0.330 e. The van der Waals surface area contributed by atoms with E-state index in [2.05, 4.69) is 4.98 Å². The summed E-state index contributed by atoms with van der Waals surface area (Å²) in [5, 5.41) is 0. The first-order valence-electron chi connectivity index (χ1n) is 10.4. The number of amides is 1. The predicted molar refractivity (Wildman–Crippen MR) is 108 cm³/mol. The van der Waals surface area contributed by atoms with Crippen LogP contribution in [0.2, 0.25) is 0 Å². The lowest BCUT2D eigenvalue weighted by Crippen LogP contribution is -2.43. The van der Waals surface area contributed by atoms with E-state index in [0.29, 0.717) is 24.8 Å². The number of fused-ring (bicyclic) bond motifs is 2. The molecule has 8 heteroatoms. The third-order valence-electron chi connectivity index (χ3n) is 6.36. The molecule has 1 amide bonds. The Kier molecular flexibility index (Phi) is 6.59. The van der Waals surface area contributed by atoms with E-state index in [4.69, 9.17) is 10.5 Å². The Bertz CT molecular complexity index is 815. The Morgan fingerprint density at radius 1 is 1.32 bits per heavy atom. The van der Waals surface area contributed by atoms with E-state index in [0.717, 1.165) is 25.2 Å². The standard InChI is InChI=1S/C20H32N4O4/c1-3-4-7-24-18(21)17(19(26)22-20(24)27)23(8-9-28-2)16(25)12-15-11-13-5-6-14(15)10-13/h13-15H,3-12,21H2,1-2H3,(H,22,26,27). The molecule has 0 saturated heterocycles. The van der Waals surface area contributed by atoms with Crippen LogP contribution in [0.15, 0.2) is 9.59 Å². The molecule has 1 heterocycles. The summed E-state index contributed by atoms with van der Waals surface area (Å²) in [6, 6.07) is 0. The largest absolute Gasteiger partial charge is 0.383 e. The van der Waals surface area contributed by atoms with E-state index >= 15 is 0 Å². The van der Waals surface area contributed by atoms with Crippen LogP contribution in [0.3, 0.4) is 0 Å². The highest BCUT2D eigenvalue weighted by molar-refractivity contribution is 5.95. The molecule has 3 rings (SSSR count). The molecule has 2 fully saturated rings. The van der Waals surface area contributed by atoms with E-state index in [1.54, 1.807) is 7.11 Å². The first-order valence-corrected chi connectivity index (χ1v) is 10.4. The van der Waals surface area contributed by atoms with Crippen molar-refractivity contribution >= 4 is 17.4 Å². The molecule has 0 aliphatic heterocycles. The van der Waals surface area contributed by atoms with Crippen LogP contribution in [-0.2, 0) is 16.1 Å². The third kappa shape index (κ3) is 4.16. The maximum absolute atomic E-state index is 13.2. The van der Waals surface area contributed by atoms with Crippen LogP contribution >= 0.6 is 0 Å². The molecule has 2 aliphatic rings. The molecule has 1 aromatic rings. The van der Waals surface area contributed by atoms with Crippen LogP contribution in [-0.4, -0.2) is 35.7 Å². The van der Waals surface area contributed by atoms with Crippen molar-refractivity contribution in [1.29, 1.82) is 0 Å². The summed E-state index contributed by atoms with van der Waals surface area (Å²) in [5.41, 5.74) is 5.13. The Morgan fingerprint density at radius 2 is 2.11 bits per heavy atom. The first-order chi connectivity index (χ1) is 13.5. The Balaban J connectivity index is 1.89. The van der Waals surface area contributed by atoms with Crippen LogP contribution in [0.1, 0.15) is 51.9 Å². The Morgan fingerprint density at radius 3 is 2.71 bits per heavy atom. The average molecular weight is 393 g/mol. The minimum absolute atomic E-state index is 0.0552. The van der Waals surface area contributed by atoms with Gasteiger partial charge in [-0.15, -0.1) is 0 Å². The Labute approximate surface area is 165 Å². The number of hydrogen-bond donors (Lipinski definition) is 2. The number of carbonyl (C=O) groups is 1. The lowest BCUT2D eigenvalue weighted by molar-refractivity contribution is -0.120. The number of anilines is 2. The first kappa shape index (κ1) is 20.6. The van der Waals surface area contributed by atoms with Crippen molar-refractivity contribution in [2.24, 2.45) is 17.8 Å². The number of rotatable bonds is 9. The van der Waals surface area contributed by atoms with E-state index in [1.807, 2.05) is 6.92 Å². The molecule has 156 valence electrons. The van der Waals surface area contributed by atoms with Crippen LogP contribution in [0, 0.1) is 17.8 Å². The summed E-state index contributed by atoms with van der Waals surface area (Å²) >= 11 is 0. The molecule has 28 heavy (non-hydrogen) atoms. The van der Waals surface area contributed by atoms with Gasteiger partial charge in [-0.2, -0.15) is 0 Å². The number of nitrogens with zero attached hydrogens (tertiary/aromatic N) is 2. The molecular formula is C20H32N4O4. The van der Waals surface area contributed by atoms with E-state index in [1.165, 1.54) is 28.7 Å². The van der Waals surface area contributed by atoms with Crippen LogP contribution in [0.5, 0.6) is 0 Å². The fourth-order valence-electron chi connectivity index (χ4n) is 4.88. The molecule has 2 saturated carbocycles. The highest BCUT2D eigenvalue weighted by atomic mass is 16.5. The van der Waals surface area contributed by atoms with Crippen LogP contribution in [0.4, 0.5) is 11.5 Å². The van der Waals surface area contributed by atoms with Gasteiger partial charge in [0.1, 0.15) is 5.82 Å². The third-order valence-corrected chi connectivity index (χ3v) is 6.36. The molecule has 0 radical (unpaired) electrons. The summed E-state index contributed by atoms with van der Waals surface area (Å²) in [6.07, 6.45) is 6.85. The maximum atomic E-state index is 13.2. The zero-order valence-corrected chi connectivity index (χ0v) is 16.9. The summed E-state index contributed by atoms with van der Waals surface area (Å²) in [7, 11) is 1.55. The van der Waals surface area contributed by atoms with Gasteiger partial charge in [-0.25, -0.2) is 4.79 Å². The van der Waals surface area contributed by atoms with Gasteiger partial charge in [-0.05, 0) is 43.4 Å². The van der Waals surface area contributed by atoms with Crippen LogP contribution < -0.4 is 21.9 Å². The number of nitrogen functional groups attached to an aromatic ring is 1. The second kappa shape index (κ2) is 8.94. The lowest BCUT2D eigenvalue weighted by atomic mass is 9.86. The number of ether oxygens (including phenoxy) is 1. The van der Waals surface area contributed by atoms with E-state index < -0.39 is 11.2 Å². The highest BCUT2D eigenvalue weighted by Crippen LogP contribution is 2.49. The SMILES string of the molecule is CCCCn1c(N)c(N(CCOC)C(=O)CC2CC3CCC2C3)c(=O)[nH]c1=O. The number of methoxy groups -OCH3 is 1. The van der Waals surface area contributed by atoms with Crippen molar-refractivity contribution in [2.45, 2.75) is 58.4 Å². The summed E-state index contributed by atoms with van der Waals surface area (Å²) < 4.78 is 6.50. The van der Waals surface area contributed by atoms with Gasteiger partial charge < -0.3 is 15.4 Å². The van der Waals surface area contributed by atoms with Gasteiger partial charge in [0.15, 0.2) is 5.69 Å². The number of nitrogens with one attached hydrogen (secondary N) is 1. The van der Waals surface area contributed by atoms with Crippen molar-refractivity contribution in [3.05, 3.63) is 20.8 Å². The number of hydrogen-bond acceptors (Lipinski definition) is 5. The zero-order valence-electron chi connectivity index (χ0n) is 16.9. The van der Waals surface area contributed by atoms with E-state index in [-0.39, 0.29) is 30.6 Å². The molecule has 3 atom stereocenters. The smallest absolute Gasteiger partial charge is 0.330 e. The number of aromatic nitrogens is 2. The minimum Gasteiger partial charge on any atom is -0.383 e. The molecule has 3 unspecified atom stereocenters. The van der Waals surface area contributed by atoms with Gasteiger partial charge in [0.05, 0.1) is 6.61 Å².